The summed E-state index contributed by atoms with van der Waals surface area (Å²) in [5.74, 6) is 1.35. The molecule has 1 aromatic carbocycles. The zero-order valence-electron chi connectivity index (χ0n) is 17.4. The molecule has 0 atom stereocenters. The summed E-state index contributed by atoms with van der Waals surface area (Å²) in [6.45, 7) is 8.46. The van der Waals surface area contributed by atoms with Crippen LogP contribution in [0.2, 0.25) is 0 Å². The number of hydrogen-bond donors (Lipinski definition) is 1. The Morgan fingerprint density at radius 3 is 2.81 bits per heavy atom. The summed E-state index contributed by atoms with van der Waals surface area (Å²) in [5, 5.41) is 0. The van der Waals surface area contributed by atoms with Crippen LogP contribution < -0.4 is 4.74 Å². The van der Waals surface area contributed by atoms with E-state index in [1.54, 1.807) is 19.3 Å². The molecule has 2 aliphatic rings. The highest BCUT2D eigenvalue weighted by atomic mass is 16.5. The number of para-hydroxylation sites is 2. The van der Waals surface area contributed by atoms with E-state index in [0.29, 0.717) is 31.2 Å². The van der Waals surface area contributed by atoms with Crippen LogP contribution >= 0.6 is 0 Å². The SMILES string of the molecule is C=C(c1nc2ccccc2[nH]1)N1CC(Oc2nccnc2C2=CCCN(C(C)=O)C2)C1. The van der Waals surface area contributed by atoms with Crippen LogP contribution in [0.4, 0.5) is 0 Å². The standard InChI is InChI=1S/C23H24N6O2/c1-15(22-26-19-7-3-4-8-20(19)27-22)29-13-18(14-29)31-23-21(24-9-10-25-23)17-6-5-11-28(12-17)16(2)30/h3-4,6-10,18H,1,5,11-14H2,2H3,(H,26,27). The smallest absolute Gasteiger partial charge is 0.240 e. The number of amides is 1. The van der Waals surface area contributed by atoms with Gasteiger partial charge in [0.15, 0.2) is 5.82 Å². The zero-order chi connectivity index (χ0) is 21.4. The minimum atomic E-state index is -0.00956. The van der Waals surface area contributed by atoms with Crippen molar-refractivity contribution in [2.45, 2.75) is 19.4 Å². The number of nitrogens with zero attached hydrogens (tertiary/aromatic N) is 5. The van der Waals surface area contributed by atoms with Gasteiger partial charge in [-0.3, -0.25) is 4.79 Å². The van der Waals surface area contributed by atoms with Crippen LogP contribution in [-0.4, -0.2) is 67.9 Å². The van der Waals surface area contributed by atoms with E-state index in [1.165, 1.54) is 0 Å². The van der Waals surface area contributed by atoms with Crippen molar-refractivity contribution in [3.63, 3.8) is 0 Å². The van der Waals surface area contributed by atoms with Crippen molar-refractivity contribution in [1.82, 2.24) is 29.7 Å². The fraction of sp³-hybridized carbons (Fsp3) is 0.304. The second-order valence-electron chi connectivity index (χ2n) is 7.86. The first-order valence-electron chi connectivity index (χ1n) is 10.4. The number of carbonyl (C=O) groups is 1. The number of H-pyrrole nitrogens is 1. The summed E-state index contributed by atoms with van der Waals surface area (Å²) in [5.41, 5.74) is 4.46. The van der Waals surface area contributed by atoms with Gasteiger partial charge < -0.3 is 19.5 Å². The van der Waals surface area contributed by atoms with Gasteiger partial charge in [-0.1, -0.05) is 24.8 Å². The molecule has 0 spiro atoms. The van der Waals surface area contributed by atoms with Crippen LogP contribution in [-0.2, 0) is 4.79 Å². The van der Waals surface area contributed by atoms with Crippen LogP contribution in [0.5, 0.6) is 5.88 Å². The normalized spacial score (nSPS) is 16.7. The molecule has 5 rings (SSSR count). The summed E-state index contributed by atoms with van der Waals surface area (Å²) in [7, 11) is 0. The van der Waals surface area contributed by atoms with E-state index >= 15 is 0 Å². The number of hydrogen-bond acceptors (Lipinski definition) is 6. The Bertz CT molecular complexity index is 1140. The van der Waals surface area contributed by atoms with Gasteiger partial charge in [-0.05, 0) is 24.1 Å². The molecule has 0 bridgehead atoms. The number of fused-ring (bicyclic) bond motifs is 1. The summed E-state index contributed by atoms with van der Waals surface area (Å²) >= 11 is 0. The number of aromatic nitrogens is 4. The average Bonchev–Trinajstić information content (AvgIpc) is 3.20. The Hall–Kier alpha value is -3.68. The first kappa shape index (κ1) is 19.3. The minimum Gasteiger partial charge on any atom is -0.469 e. The molecule has 1 fully saturated rings. The molecule has 3 aromatic rings. The monoisotopic (exact) mass is 416 g/mol. The maximum atomic E-state index is 11.8. The van der Waals surface area contributed by atoms with Gasteiger partial charge in [0, 0.05) is 32.4 Å². The molecule has 8 heteroatoms. The Balaban J connectivity index is 1.25. The predicted molar refractivity (Wildman–Crippen MR) is 118 cm³/mol. The number of aromatic amines is 1. The van der Waals surface area contributed by atoms with E-state index in [2.05, 4.69) is 37.5 Å². The molecule has 0 unspecified atom stereocenters. The van der Waals surface area contributed by atoms with Crippen LogP contribution in [0.1, 0.15) is 24.9 Å². The molecule has 2 aliphatic heterocycles. The molecular formula is C23H24N6O2. The van der Waals surface area contributed by atoms with E-state index in [4.69, 9.17) is 4.74 Å². The van der Waals surface area contributed by atoms with Crippen molar-refractivity contribution < 1.29 is 9.53 Å². The molecule has 31 heavy (non-hydrogen) atoms. The number of nitrogens with one attached hydrogen (secondary N) is 1. The molecule has 0 aliphatic carbocycles. The lowest BCUT2D eigenvalue weighted by atomic mass is 10.1. The lowest BCUT2D eigenvalue weighted by molar-refractivity contribution is -0.128. The Labute approximate surface area is 180 Å². The quantitative estimate of drug-likeness (QED) is 0.688. The number of benzene rings is 1. The Morgan fingerprint density at radius 1 is 1.19 bits per heavy atom. The fourth-order valence-electron chi connectivity index (χ4n) is 3.95. The molecule has 0 radical (unpaired) electrons. The van der Waals surface area contributed by atoms with Gasteiger partial charge in [0.25, 0.3) is 0 Å². The van der Waals surface area contributed by atoms with Crippen molar-refractivity contribution in [3.05, 3.63) is 60.8 Å². The van der Waals surface area contributed by atoms with Crippen molar-refractivity contribution in [2.75, 3.05) is 26.2 Å². The number of carbonyl (C=O) groups excluding carboxylic acids is 1. The zero-order valence-corrected chi connectivity index (χ0v) is 17.4. The molecule has 1 N–H and O–H groups in total. The van der Waals surface area contributed by atoms with Gasteiger partial charge in [-0.2, -0.15) is 0 Å². The third-order valence-electron chi connectivity index (χ3n) is 5.74. The van der Waals surface area contributed by atoms with E-state index in [0.717, 1.165) is 41.1 Å². The summed E-state index contributed by atoms with van der Waals surface area (Å²) in [6, 6.07) is 7.94. The lowest BCUT2D eigenvalue weighted by Gasteiger charge is -2.41. The molecule has 8 nitrogen and oxygen atoms in total. The van der Waals surface area contributed by atoms with Crippen LogP contribution in [0.15, 0.2) is 49.3 Å². The van der Waals surface area contributed by atoms with Gasteiger partial charge in [-0.15, -0.1) is 0 Å². The van der Waals surface area contributed by atoms with Crippen LogP contribution in [0.25, 0.3) is 22.3 Å². The third-order valence-corrected chi connectivity index (χ3v) is 5.74. The highest BCUT2D eigenvalue weighted by Gasteiger charge is 2.32. The molecule has 158 valence electrons. The van der Waals surface area contributed by atoms with Crippen molar-refractivity contribution in [2.24, 2.45) is 0 Å². The van der Waals surface area contributed by atoms with Crippen molar-refractivity contribution in [1.29, 1.82) is 0 Å². The van der Waals surface area contributed by atoms with E-state index in [9.17, 15) is 4.79 Å². The maximum Gasteiger partial charge on any atom is 0.240 e. The molecule has 2 aromatic heterocycles. The molecule has 1 saturated heterocycles. The molecule has 1 amide bonds. The molecular weight excluding hydrogens is 392 g/mol. The van der Waals surface area contributed by atoms with Gasteiger partial charge >= 0.3 is 0 Å². The van der Waals surface area contributed by atoms with Gasteiger partial charge in [-0.25, -0.2) is 15.0 Å². The topological polar surface area (TPSA) is 87.2 Å². The molecule has 0 saturated carbocycles. The highest BCUT2D eigenvalue weighted by Crippen LogP contribution is 2.29. The van der Waals surface area contributed by atoms with Crippen LogP contribution in [0, 0.1) is 0 Å². The largest absolute Gasteiger partial charge is 0.469 e. The first-order chi connectivity index (χ1) is 15.1. The van der Waals surface area contributed by atoms with E-state index < -0.39 is 0 Å². The summed E-state index contributed by atoms with van der Waals surface area (Å²) in [6.07, 6.45) is 6.21. The maximum absolute atomic E-state index is 11.8. The minimum absolute atomic E-state index is 0.00956. The predicted octanol–water partition coefficient (Wildman–Crippen LogP) is 2.72. The molecule has 4 heterocycles. The summed E-state index contributed by atoms with van der Waals surface area (Å²) < 4.78 is 6.17. The second kappa shape index (κ2) is 7.86. The van der Waals surface area contributed by atoms with Gasteiger partial charge in [0.2, 0.25) is 11.8 Å². The van der Waals surface area contributed by atoms with E-state index in [-0.39, 0.29) is 12.0 Å². The number of imidazole rings is 1. The lowest BCUT2D eigenvalue weighted by Crippen LogP contribution is -2.52. The van der Waals surface area contributed by atoms with Crippen molar-refractivity contribution >= 4 is 28.2 Å². The first-order valence-corrected chi connectivity index (χ1v) is 10.4. The van der Waals surface area contributed by atoms with Crippen molar-refractivity contribution in [3.8, 4) is 5.88 Å². The van der Waals surface area contributed by atoms with Gasteiger partial charge in [0.05, 0.1) is 29.8 Å². The van der Waals surface area contributed by atoms with Gasteiger partial charge in [0.1, 0.15) is 11.8 Å². The Kier molecular flexibility index (Phi) is 4.89. The second-order valence-corrected chi connectivity index (χ2v) is 7.86. The average molecular weight is 416 g/mol. The summed E-state index contributed by atoms with van der Waals surface area (Å²) in [4.78, 5) is 32.6. The number of ether oxygens (including phenoxy) is 1. The number of likely N-dealkylation sites (tertiary alicyclic amines) is 1. The fourth-order valence-corrected chi connectivity index (χ4v) is 3.95. The third kappa shape index (κ3) is 3.76. The Morgan fingerprint density at radius 2 is 2.00 bits per heavy atom. The highest BCUT2D eigenvalue weighted by molar-refractivity contribution is 5.79. The van der Waals surface area contributed by atoms with Crippen LogP contribution in [0.3, 0.4) is 0 Å². The van der Waals surface area contributed by atoms with E-state index in [1.807, 2.05) is 29.2 Å². The number of rotatable bonds is 5.